The van der Waals surface area contributed by atoms with Gasteiger partial charge in [-0.05, 0) is 18.2 Å². The van der Waals surface area contributed by atoms with Gasteiger partial charge < -0.3 is 4.74 Å². The summed E-state index contributed by atoms with van der Waals surface area (Å²) in [4.78, 5) is 3.94. The SMILES string of the molecule is COc1cccc(-c2ccc(NS(C)(=O)=O)nc2)c1F. The molecular formula is C13H13FN2O3S. The van der Waals surface area contributed by atoms with Gasteiger partial charge in [-0.25, -0.2) is 17.8 Å². The van der Waals surface area contributed by atoms with Gasteiger partial charge in [-0.2, -0.15) is 0 Å². The molecule has 1 aromatic heterocycles. The number of pyridine rings is 1. The van der Waals surface area contributed by atoms with E-state index in [4.69, 9.17) is 4.74 Å². The van der Waals surface area contributed by atoms with E-state index in [1.54, 1.807) is 18.2 Å². The lowest BCUT2D eigenvalue weighted by Crippen LogP contribution is -2.10. The second kappa shape index (κ2) is 5.46. The van der Waals surface area contributed by atoms with Gasteiger partial charge in [0.1, 0.15) is 5.82 Å². The minimum atomic E-state index is -3.38. The van der Waals surface area contributed by atoms with Gasteiger partial charge in [-0.1, -0.05) is 12.1 Å². The fourth-order valence-electron chi connectivity index (χ4n) is 1.69. The average Bonchev–Trinajstić information content (AvgIpc) is 2.38. The summed E-state index contributed by atoms with van der Waals surface area (Å²) in [5.74, 6) is -0.166. The first-order chi connectivity index (χ1) is 9.40. The van der Waals surface area contributed by atoms with Crippen LogP contribution in [0.5, 0.6) is 5.75 Å². The van der Waals surface area contributed by atoms with Crippen molar-refractivity contribution in [3.63, 3.8) is 0 Å². The van der Waals surface area contributed by atoms with Crippen molar-refractivity contribution in [1.82, 2.24) is 4.98 Å². The van der Waals surface area contributed by atoms with Crippen LogP contribution in [-0.4, -0.2) is 26.8 Å². The molecule has 20 heavy (non-hydrogen) atoms. The smallest absolute Gasteiger partial charge is 0.230 e. The van der Waals surface area contributed by atoms with Crippen LogP contribution < -0.4 is 9.46 Å². The Kier molecular flexibility index (Phi) is 3.89. The Hall–Kier alpha value is -2.15. The normalized spacial score (nSPS) is 11.2. The van der Waals surface area contributed by atoms with Gasteiger partial charge in [-0.15, -0.1) is 0 Å². The third-order valence-electron chi connectivity index (χ3n) is 2.55. The molecule has 0 saturated heterocycles. The van der Waals surface area contributed by atoms with Gasteiger partial charge in [0.2, 0.25) is 10.0 Å². The molecule has 0 aliphatic heterocycles. The lowest BCUT2D eigenvalue weighted by Gasteiger charge is -2.08. The van der Waals surface area contributed by atoms with Crippen LogP contribution in [0.1, 0.15) is 0 Å². The Morgan fingerprint density at radius 2 is 2.00 bits per heavy atom. The highest BCUT2D eigenvalue weighted by molar-refractivity contribution is 7.92. The topological polar surface area (TPSA) is 68.3 Å². The maximum Gasteiger partial charge on any atom is 0.230 e. The van der Waals surface area contributed by atoms with Gasteiger partial charge in [0, 0.05) is 17.3 Å². The first kappa shape index (κ1) is 14.3. The quantitative estimate of drug-likeness (QED) is 0.939. The van der Waals surface area contributed by atoms with Crippen molar-refractivity contribution in [2.75, 3.05) is 18.1 Å². The summed E-state index contributed by atoms with van der Waals surface area (Å²) in [5, 5.41) is 0. The van der Waals surface area contributed by atoms with Crippen molar-refractivity contribution in [3.8, 4) is 16.9 Å². The number of ether oxygens (including phenoxy) is 1. The Bertz CT molecular complexity index is 715. The molecule has 0 spiro atoms. The molecule has 5 nitrogen and oxygen atoms in total. The monoisotopic (exact) mass is 296 g/mol. The maximum absolute atomic E-state index is 14.1. The fourth-order valence-corrected chi connectivity index (χ4v) is 2.20. The van der Waals surface area contributed by atoms with Gasteiger partial charge in [-0.3, -0.25) is 4.72 Å². The van der Waals surface area contributed by atoms with Crippen molar-refractivity contribution in [2.45, 2.75) is 0 Å². The molecule has 106 valence electrons. The molecule has 2 rings (SSSR count). The summed E-state index contributed by atoms with van der Waals surface area (Å²) in [7, 11) is -1.99. The molecule has 1 N–H and O–H groups in total. The molecule has 0 aliphatic rings. The summed E-state index contributed by atoms with van der Waals surface area (Å²) in [6.07, 6.45) is 2.43. The zero-order valence-corrected chi connectivity index (χ0v) is 11.7. The molecule has 0 bridgehead atoms. The van der Waals surface area contributed by atoms with Crippen LogP contribution in [0.2, 0.25) is 0 Å². The largest absolute Gasteiger partial charge is 0.494 e. The molecule has 0 atom stereocenters. The number of sulfonamides is 1. The van der Waals surface area contributed by atoms with Crippen LogP contribution in [0.4, 0.5) is 10.2 Å². The summed E-state index contributed by atoms with van der Waals surface area (Å²) < 4.78 is 43.3. The molecule has 0 aliphatic carbocycles. The molecule has 1 heterocycles. The number of aromatic nitrogens is 1. The zero-order valence-electron chi connectivity index (χ0n) is 10.9. The van der Waals surface area contributed by atoms with Crippen molar-refractivity contribution in [2.24, 2.45) is 0 Å². The number of anilines is 1. The predicted molar refractivity (Wildman–Crippen MR) is 74.6 cm³/mol. The molecule has 0 amide bonds. The van der Waals surface area contributed by atoms with Gasteiger partial charge >= 0.3 is 0 Å². The number of halogens is 1. The molecular weight excluding hydrogens is 283 g/mol. The van der Waals surface area contributed by atoms with Crippen molar-refractivity contribution in [3.05, 3.63) is 42.3 Å². The maximum atomic E-state index is 14.1. The van der Waals surface area contributed by atoms with E-state index in [2.05, 4.69) is 9.71 Å². The molecule has 0 radical (unpaired) electrons. The van der Waals surface area contributed by atoms with E-state index in [-0.39, 0.29) is 11.6 Å². The van der Waals surface area contributed by atoms with Crippen molar-refractivity contribution < 1.29 is 17.5 Å². The zero-order chi connectivity index (χ0) is 14.8. The molecule has 0 saturated carbocycles. The van der Waals surface area contributed by atoms with Crippen LogP contribution in [0, 0.1) is 5.82 Å². The summed E-state index contributed by atoms with van der Waals surface area (Å²) in [6.45, 7) is 0. The summed E-state index contributed by atoms with van der Waals surface area (Å²) >= 11 is 0. The van der Waals surface area contributed by atoms with Crippen LogP contribution in [0.15, 0.2) is 36.5 Å². The van der Waals surface area contributed by atoms with E-state index in [9.17, 15) is 12.8 Å². The third-order valence-corrected chi connectivity index (χ3v) is 3.13. The van der Waals surface area contributed by atoms with E-state index >= 15 is 0 Å². The molecule has 0 fully saturated rings. The fraction of sp³-hybridized carbons (Fsp3) is 0.154. The number of methoxy groups -OCH3 is 1. The number of rotatable bonds is 4. The van der Waals surface area contributed by atoms with E-state index in [0.717, 1.165) is 6.26 Å². The number of benzene rings is 1. The Labute approximate surface area is 116 Å². The second-order valence-corrected chi connectivity index (χ2v) is 5.88. The van der Waals surface area contributed by atoms with Gasteiger partial charge in [0.05, 0.1) is 13.4 Å². The molecule has 1 aromatic carbocycles. The lowest BCUT2D eigenvalue weighted by molar-refractivity contribution is 0.387. The van der Waals surface area contributed by atoms with Crippen molar-refractivity contribution in [1.29, 1.82) is 0 Å². The number of hydrogen-bond donors (Lipinski definition) is 1. The highest BCUT2D eigenvalue weighted by atomic mass is 32.2. The van der Waals surface area contributed by atoms with Gasteiger partial charge in [0.15, 0.2) is 11.6 Å². The molecule has 2 aromatic rings. The van der Waals surface area contributed by atoms with Crippen LogP contribution in [0.25, 0.3) is 11.1 Å². The summed E-state index contributed by atoms with van der Waals surface area (Å²) in [6, 6.07) is 7.83. The van der Waals surface area contributed by atoms with E-state index in [1.165, 1.54) is 25.4 Å². The van der Waals surface area contributed by atoms with Gasteiger partial charge in [0.25, 0.3) is 0 Å². The van der Waals surface area contributed by atoms with E-state index in [1.807, 2.05) is 0 Å². The molecule has 7 heteroatoms. The number of nitrogens with zero attached hydrogens (tertiary/aromatic N) is 1. The Morgan fingerprint density at radius 3 is 2.55 bits per heavy atom. The highest BCUT2D eigenvalue weighted by Crippen LogP contribution is 2.28. The van der Waals surface area contributed by atoms with Crippen LogP contribution in [-0.2, 0) is 10.0 Å². The van der Waals surface area contributed by atoms with E-state index in [0.29, 0.717) is 11.1 Å². The Balaban J connectivity index is 2.35. The first-order valence-corrected chi connectivity index (χ1v) is 7.56. The third kappa shape index (κ3) is 3.24. The van der Waals surface area contributed by atoms with Crippen molar-refractivity contribution >= 4 is 15.8 Å². The first-order valence-electron chi connectivity index (χ1n) is 5.67. The highest BCUT2D eigenvalue weighted by Gasteiger charge is 2.11. The lowest BCUT2D eigenvalue weighted by atomic mass is 10.1. The minimum absolute atomic E-state index is 0.140. The standard InChI is InChI=1S/C13H13FN2O3S/c1-19-11-5-3-4-10(13(11)14)9-6-7-12(15-8-9)16-20(2,17)18/h3-8H,1-2H3,(H,15,16). The second-order valence-electron chi connectivity index (χ2n) is 4.13. The average molecular weight is 296 g/mol. The minimum Gasteiger partial charge on any atom is -0.494 e. The number of hydrogen-bond acceptors (Lipinski definition) is 4. The van der Waals surface area contributed by atoms with Crippen LogP contribution >= 0.6 is 0 Å². The van der Waals surface area contributed by atoms with E-state index < -0.39 is 15.8 Å². The molecule has 0 unspecified atom stereocenters. The number of nitrogens with one attached hydrogen (secondary N) is 1. The Morgan fingerprint density at radius 1 is 1.25 bits per heavy atom. The summed E-state index contributed by atoms with van der Waals surface area (Å²) in [5.41, 5.74) is 0.864. The predicted octanol–water partition coefficient (Wildman–Crippen LogP) is 2.27. The van der Waals surface area contributed by atoms with Crippen LogP contribution in [0.3, 0.4) is 0 Å².